The minimum Gasteiger partial charge on any atom is -0.146 e. The molecule has 0 fully saturated rings. The van der Waals surface area contributed by atoms with E-state index in [0.717, 1.165) is 5.39 Å². The van der Waals surface area contributed by atoms with Gasteiger partial charge in [-0.2, -0.15) is 0 Å². The van der Waals surface area contributed by atoms with Gasteiger partial charge in [0, 0.05) is 5.39 Å². The monoisotopic (exact) mass is 133 g/mol. The zero-order valence-electron chi connectivity index (χ0n) is 5.19. The first-order valence-electron chi connectivity index (χ1n) is 2.98. The summed E-state index contributed by atoms with van der Waals surface area (Å²) in [6.07, 6.45) is 1.56. The van der Waals surface area contributed by atoms with Crippen molar-refractivity contribution in [2.75, 3.05) is 0 Å². The number of para-hydroxylation sites is 1. The molecule has 0 unspecified atom stereocenters. The molecule has 1 heterocycles. The van der Waals surface area contributed by atoms with Crippen LogP contribution in [0.1, 0.15) is 0 Å². The number of benzene rings is 1. The Bertz CT molecular complexity index is 353. The molecule has 2 aromatic rings. The van der Waals surface area contributed by atoms with Gasteiger partial charge in [0.25, 0.3) is 0 Å². The van der Waals surface area contributed by atoms with Gasteiger partial charge in [-0.1, -0.05) is 18.2 Å². The normalized spacial score (nSPS) is 10.4. The molecular weight excluding hydrogens is 128 g/mol. The van der Waals surface area contributed by atoms with E-state index < -0.39 is 0 Å². The van der Waals surface area contributed by atoms with E-state index in [1.165, 1.54) is 0 Å². The van der Waals surface area contributed by atoms with Crippen LogP contribution in [0.5, 0.6) is 0 Å². The lowest BCUT2D eigenvalue weighted by atomic mass is 10.3. The summed E-state index contributed by atoms with van der Waals surface area (Å²) in [5.74, 6) is 0. The van der Waals surface area contributed by atoms with Crippen molar-refractivity contribution in [3.63, 3.8) is 0 Å². The lowest BCUT2D eigenvalue weighted by Gasteiger charge is -1.84. The molecule has 0 spiro atoms. The topological polar surface area (TPSA) is 37.7 Å². The molecule has 0 saturated carbocycles. The van der Waals surface area contributed by atoms with Crippen molar-refractivity contribution < 1.29 is 5.21 Å². The lowest BCUT2D eigenvalue weighted by molar-refractivity contribution is 0.0701. The molecule has 0 aliphatic rings. The zero-order chi connectivity index (χ0) is 6.97. The molecule has 10 heavy (non-hydrogen) atoms. The highest BCUT2D eigenvalue weighted by Gasteiger charge is 1.97. The van der Waals surface area contributed by atoms with Crippen molar-refractivity contribution in [1.29, 1.82) is 0 Å². The second-order valence-electron chi connectivity index (χ2n) is 2.08. The molecule has 0 saturated heterocycles. The number of fused-ring (bicyclic) bond motifs is 1. The largest absolute Gasteiger partial charge is 0.146 e. The Morgan fingerprint density at radius 1 is 1.30 bits per heavy atom. The molecule has 1 radical (unpaired) electrons. The fraction of sp³-hybridized carbons (Fsp3) is 0. The smallest absolute Gasteiger partial charge is 0.115 e. The van der Waals surface area contributed by atoms with Gasteiger partial charge in [-0.05, 0) is 10.9 Å². The van der Waals surface area contributed by atoms with Crippen LogP contribution >= 0.6 is 0 Å². The number of hydrogen-bond donors (Lipinski definition) is 0. The van der Waals surface area contributed by atoms with Crippen molar-refractivity contribution >= 4 is 10.9 Å². The average molecular weight is 133 g/mol. The highest BCUT2D eigenvalue weighted by molar-refractivity contribution is 5.77. The fourth-order valence-corrected chi connectivity index (χ4v) is 0.948. The number of nitrogens with zero attached hydrogens (tertiary/aromatic N) is 2. The van der Waals surface area contributed by atoms with Crippen LogP contribution in [0.15, 0.2) is 30.5 Å². The summed E-state index contributed by atoms with van der Waals surface area (Å²) in [4.78, 5) is 0.620. The van der Waals surface area contributed by atoms with Crippen LogP contribution in [0, 0.1) is 0 Å². The molecule has 0 atom stereocenters. The average Bonchev–Trinajstić information content (AvgIpc) is 2.34. The zero-order valence-corrected chi connectivity index (χ0v) is 5.19. The van der Waals surface area contributed by atoms with Gasteiger partial charge >= 0.3 is 0 Å². The summed E-state index contributed by atoms with van der Waals surface area (Å²) in [6, 6.07) is 7.30. The van der Waals surface area contributed by atoms with Gasteiger partial charge in [-0.25, -0.2) is 0 Å². The lowest BCUT2D eigenvalue weighted by Crippen LogP contribution is -1.86. The van der Waals surface area contributed by atoms with Gasteiger partial charge in [-0.3, -0.25) is 0 Å². The second-order valence-corrected chi connectivity index (χ2v) is 2.08. The van der Waals surface area contributed by atoms with Crippen molar-refractivity contribution in [2.24, 2.45) is 0 Å². The second kappa shape index (κ2) is 1.73. The van der Waals surface area contributed by atoms with E-state index in [1.807, 2.05) is 18.2 Å². The van der Waals surface area contributed by atoms with Crippen LogP contribution in [0.25, 0.3) is 10.9 Å². The maximum Gasteiger partial charge on any atom is 0.115 e. The molecule has 0 amide bonds. The Balaban J connectivity index is 2.93. The van der Waals surface area contributed by atoms with Gasteiger partial charge in [0.05, 0.1) is 6.20 Å². The third-order valence-electron chi connectivity index (χ3n) is 1.44. The maximum atomic E-state index is 10.8. The SMILES string of the molecule is [O]n1ncc2ccccc21. The van der Waals surface area contributed by atoms with Crippen LogP contribution in [-0.2, 0) is 5.21 Å². The summed E-state index contributed by atoms with van der Waals surface area (Å²) in [7, 11) is 0. The van der Waals surface area contributed by atoms with Crippen LogP contribution < -0.4 is 0 Å². The summed E-state index contributed by atoms with van der Waals surface area (Å²) >= 11 is 0. The predicted octanol–water partition coefficient (Wildman–Crippen LogP) is 1.23. The van der Waals surface area contributed by atoms with E-state index in [0.29, 0.717) is 10.4 Å². The Hall–Kier alpha value is -1.51. The summed E-state index contributed by atoms with van der Waals surface area (Å²) in [5.41, 5.74) is 0.627. The van der Waals surface area contributed by atoms with Gasteiger partial charge in [-0.15, -0.1) is 10.3 Å². The van der Waals surface area contributed by atoms with E-state index >= 15 is 0 Å². The van der Waals surface area contributed by atoms with E-state index in [4.69, 9.17) is 0 Å². The van der Waals surface area contributed by atoms with Crippen molar-refractivity contribution in [3.8, 4) is 0 Å². The van der Waals surface area contributed by atoms with Crippen molar-refractivity contribution in [2.45, 2.75) is 0 Å². The number of hydrogen-bond acceptors (Lipinski definition) is 1. The molecule has 1 aromatic carbocycles. The summed E-state index contributed by atoms with van der Waals surface area (Å²) in [6.45, 7) is 0. The van der Waals surface area contributed by atoms with Gasteiger partial charge in [0.1, 0.15) is 5.52 Å². The minimum absolute atomic E-state index is 0.620. The first-order valence-corrected chi connectivity index (χ1v) is 2.98. The third-order valence-corrected chi connectivity index (χ3v) is 1.44. The van der Waals surface area contributed by atoms with E-state index in [-0.39, 0.29) is 0 Å². The third kappa shape index (κ3) is 0.572. The summed E-state index contributed by atoms with van der Waals surface area (Å²) in [5, 5.41) is 15.2. The Labute approximate surface area is 57.5 Å². The Morgan fingerprint density at radius 2 is 2.10 bits per heavy atom. The van der Waals surface area contributed by atoms with Crippen LogP contribution in [0.2, 0.25) is 0 Å². The van der Waals surface area contributed by atoms with Crippen LogP contribution in [0.3, 0.4) is 0 Å². The molecule has 0 aliphatic carbocycles. The van der Waals surface area contributed by atoms with E-state index in [2.05, 4.69) is 5.10 Å². The van der Waals surface area contributed by atoms with E-state index in [1.54, 1.807) is 12.3 Å². The standard InChI is InChI=1S/C7H5N2O/c10-9-7-4-2-1-3-6(7)5-8-9/h1-5H. The maximum absolute atomic E-state index is 10.8. The molecule has 0 bridgehead atoms. The summed E-state index contributed by atoms with van der Waals surface area (Å²) < 4.78 is 0. The Morgan fingerprint density at radius 3 is 2.90 bits per heavy atom. The van der Waals surface area contributed by atoms with Gasteiger partial charge < -0.3 is 0 Å². The molecular formula is C7H5N2O. The first kappa shape index (κ1) is 5.29. The highest BCUT2D eigenvalue weighted by Crippen LogP contribution is 2.10. The molecule has 2 rings (SSSR count). The van der Waals surface area contributed by atoms with Gasteiger partial charge in [0.2, 0.25) is 0 Å². The molecule has 49 valence electrons. The molecule has 0 N–H and O–H groups in total. The van der Waals surface area contributed by atoms with Crippen LogP contribution in [-0.4, -0.2) is 9.94 Å². The predicted molar refractivity (Wildman–Crippen MR) is 35.8 cm³/mol. The van der Waals surface area contributed by atoms with E-state index in [9.17, 15) is 5.21 Å². The fourth-order valence-electron chi connectivity index (χ4n) is 0.948. The quantitative estimate of drug-likeness (QED) is 0.532. The van der Waals surface area contributed by atoms with Crippen LogP contribution in [0.4, 0.5) is 0 Å². The molecule has 3 heteroatoms. The van der Waals surface area contributed by atoms with Crippen molar-refractivity contribution in [3.05, 3.63) is 30.5 Å². The Kier molecular flexibility index (Phi) is 0.917. The molecule has 0 aliphatic heterocycles. The minimum atomic E-state index is 0.620. The number of rotatable bonds is 0. The van der Waals surface area contributed by atoms with Gasteiger partial charge in [0.15, 0.2) is 0 Å². The molecule has 3 nitrogen and oxygen atoms in total. The first-order chi connectivity index (χ1) is 4.88. The number of aromatic nitrogens is 2. The highest BCUT2D eigenvalue weighted by atomic mass is 16.5. The molecule has 1 aromatic heterocycles. The van der Waals surface area contributed by atoms with Crippen molar-refractivity contribution in [1.82, 2.24) is 9.94 Å².